The minimum atomic E-state index is -4.59. The van der Waals surface area contributed by atoms with E-state index in [1.54, 1.807) is 41.2 Å². The SMILES string of the molecule is O=C1c2ccccc2C(=O)N1c1cc(C(F)(F)F)ccc1-n1cccc1. The summed E-state index contributed by atoms with van der Waals surface area (Å²) in [7, 11) is 0. The maximum Gasteiger partial charge on any atom is 0.416 e. The van der Waals surface area contributed by atoms with Gasteiger partial charge in [0.1, 0.15) is 0 Å². The Bertz CT molecular complexity index is 989. The van der Waals surface area contributed by atoms with Crippen molar-refractivity contribution < 1.29 is 22.8 Å². The molecule has 4 nitrogen and oxygen atoms in total. The van der Waals surface area contributed by atoms with Crippen LogP contribution in [0.4, 0.5) is 18.9 Å². The van der Waals surface area contributed by atoms with Gasteiger partial charge in [0.25, 0.3) is 11.8 Å². The summed E-state index contributed by atoms with van der Waals surface area (Å²) in [6.07, 6.45) is -1.34. The first-order valence-corrected chi connectivity index (χ1v) is 7.70. The van der Waals surface area contributed by atoms with E-state index in [9.17, 15) is 22.8 Å². The van der Waals surface area contributed by atoms with Gasteiger partial charge in [-0.2, -0.15) is 13.2 Å². The number of carbonyl (C=O) groups excluding carboxylic acids is 2. The predicted octanol–water partition coefficient (Wildman–Crippen LogP) is 4.30. The highest BCUT2D eigenvalue weighted by Gasteiger charge is 2.39. The average molecular weight is 356 g/mol. The monoisotopic (exact) mass is 356 g/mol. The van der Waals surface area contributed by atoms with Crippen LogP contribution in [0.2, 0.25) is 0 Å². The van der Waals surface area contributed by atoms with Crippen molar-refractivity contribution in [3.8, 4) is 5.69 Å². The topological polar surface area (TPSA) is 42.3 Å². The largest absolute Gasteiger partial charge is 0.416 e. The van der Waals surface area contributed by atoms with E-state index < -0.39 is 23.6 Å². The molecule has 1 aromatic heterocycles. The van der Waals surface area contributed by atoms with Crippen LogP contribution < -0.4 is 4.90 Å². The van der Waals surface area contributed by atoms with E-state index in [-0.39, 0.29) is 16.8 Å². The molecule has 7 heteroatoms. The number of nitrogens with zero attached hydrogens (tertiary/aromatic N) is 2. The highest BCUT2D eigenvalue weighted by molar-refractivity contribution is 6.35. The summed E-state index contributed by atoms with van der Waals surface area (Å²) in [6.45, 7) is 0. The van der Waals surface area contributed by atoms with E-state index in [1.807, 2.05) is 0 Å². The fourth-order valence-electron chi connectivity index (χ4n) is 3.00. The number of benzene rings is 2. The summed E-state index contributed by atoms with van der Waals surface area (Å²) >= 11 is 0. The normalized spacial score (nSPS) is 14.0. The third-order valence-corrected chi connectivity index (χ3v) is 4.22. The van der Waals surface area contributed by atoms with Crippen LogP contribution in [0.1, 0.15) is 26.3 Å². The molecule has 1 aliphatic heterocycles. The number of amides is 2. The number of fused-ring (bicyclic) bond motifs is 1. The van der Waals surface area contributed by atoms with E-state index in [4.69, 9.17) is 0 Å². The molecule has 0 spiro atoms. The lowest BCUT2D eigenvalue weighted by molar-refractivity contribution is -0.137. The average Bonchev–Trinajstić information content (AvgIpc) is 3.22. The molecule has 0 unspecified atom stereocenters. The van der Waals surface area contributed by atoms with Crippen LogP contribution in [-0.4, -0.2) is 16.4 Å². The second kappa shape index (κ2) is 5.59. The quantitative estimate of drug-likeness (QED) is 0.643. The van der Waals surface area contributed by atoms with Crippen molar-refractivity contribution in [1.82, 2.24) is 4.57 Å². The third-order valence-electron chi connectivity index (χ3n) is 4.22. The molecule has 2 heterocycles. The Labute approximate surface area is 146 Å². The molecule has 0 bridgehead atoms. The number of anilines is 1. The number of rotatable bonds is 2. The van der Waals surface area contributed by atoms with Gasteiger partial charge in [-0.1, -0.05) is 12.1 Å². The van der Waals surface area contributed by atoms with Crippen LogP contribution in [0.3, 0.4) is 0 Å². The summed E-state index contributed by atoms with van der Waals surface area (Å²) in [4.78, 5) is 26.2. The van der Waals surface area contributed by atoms with Crippen LogP contribution in [0, 0.1) is 0 Å². The lowest BCUT2D eigenvalue weighted by atomic mass is 10.1. The van der Waals surface area contributed by atoms with Gasteiger partial charge in [-0.05, 0) is 42.5 Å². The Kier molecular flexibility index (Phi) is 3.47. The van der Waals surface area contributed by atoms with Gasteiger partial charge >= 0.3 is 6.18 Å². The van der Waals surface area contributed by atoms with Gasteiger partial charge in [0.2, 0.25) is 0 Å². The van der Waals surface area contributed by atoms with Crippen LogP contribution in [0.5, 0.6) is 0 Å². The molecule has 4 rings (SSSR count). The molecular formula is C19H11F3N2O2. The molecule has 2 aromatic carbocycles. The number of alkyl halides is 3. The molecule has 0 saturated heterocycles. The third kappa shape index (κ3) is 2.40. The molecule has 3 aromatic rings. The van der Waals surface area contributed by atoms with Crippen molar-refractivity contribution >= 4 is 17.5 Å². The molecule has 0 fully saturated rings. The molecule has 26 heavy (non-hydrogen) atoms. The van der Waals surface area contributed by atoms with Crippen LogP contribution >= 0.6 is 0 Å². The molecule has 1 aliphatic rings. The maximum absolute atomic E-state index is 13.2. The molecule has 130 valence electrons. The second-order valence-corrected chi connectivity index (χ2v) is 5.78. The minimum absolute atomic E-state index is 0.109. The molecule has 0 radical (unpaired) electrons. The number of imide groups is 1. The second-order valence-electron chi connectivity index (χ2n) is 5.78. The highest BCUT2D eigenvalue weighted by atomic mass is 19.4. The van der Waals surface area contributed by atoms with Gasteiger partial charge in [0, 0.05) is 12.4 Å². The Morgan fingerprint density at radius 3 is 1.85 bits per heavy atom. The Balaban J connectivity index is 1.93. The van der Waals surface area contributed by atoms with Gasteiger partial charge in [0.15, 0.2) is 0 Å². The van der Waals surface area contributed by atoms with Gasteiger partial charge in [0.05, 0.1) is 28.1 Å². The van der Waals surface area contributed by atoms with Crippen molar-refractivity contribution in [3.05, 3.63) is 83.7 Å². The molecule has 0 saturated carbocycles. The first-order valence-electron chi connectivity index (χ1n) is 7.70. The summed E-state index contributed by atoms with van der Waals surface area (Å²) in [5.41, 5.74) is -0.388. The molecule has 2 amide bonds. The van der Waals surface area contributed by atoms with Crippen molar-refractivity contribution in [2.24, 2.45) is 0 Å². The van der Waals surface area contributed by atoms with Gasteiger partial charge in [-0.3, -0.25) is 9.59 Å². The van der Waals surface area contributed by atoms with Crippen molar-refractivity contribution in [2.45, 2.75) is 6.18 Å². The number of carbonyl (C=O) groups is 2. The fourth-order valence-corrected chi connectivity index (χ4v) is 3.00. The lowest BCUT2D eigenvalue weighted by Gasteiger charge is -2.20. The Morgan fingerprint density at radius 2 is 1.31 bits per heavy atom. The van der Waals surface area contributed by atoms with Crippen LogP contribution in [-0.2, 0) is 6.18 Å². The van der Waals surface area contributed by atoms with E-state index >= 15 is 0 Å². The standard InChI is InChI=1S/C19H11F3N2O2/c20-19(21,22)12-7-8-15(23-9-3-4-10-23)16(11-12)24-17(25)13-5-1-2-6-14(13)18(24)26/h1-11H. The summed E-state index contributed by atoms with van der Waals surface area (Å²) in [6, 6.07) is 12.6. The van der Waals surface area contributed by atoms with Gasteiger partial charge in [-0.25, -0.2) is 4.90 Å². The van der Waals surface area contributed by atoms with Crippen molar-refractivity contribution in [3.63, 3.8) is 0 Å². The number of hydrogen-bond acceptors (Lipinski definition) is 2. The smallest absolute Gasteiger partial charge is 0.322 e. The number of aromatic nitrogens is 1. The zero-order valence-corrected chi connectivity index (χ0v) is 13.2. The van der Waals surface area contributed by atoms with Gasteiger partial charge < -0.3 is 4.57 Å². The lowest BCUT2D eigenvalue weighted by Crippen LogP contribution is -2.30. The predicted molar refractivity (Wildman–Crippen MR) is 88.4 cm³/mol. The van der Waals surface area contributed by atoms with Crippen LogP contribution in [0.25, 0.3) is 5.69 Å². The number of halogens is 3. The maximum atomic E-state index is 13.2. The first-order chi connectivity index (χ1) is 12.4. The molecule has 0 aliphatic carbocycles. The summed E-state index contributed by atoms with van der Waals surface area (Å²) in [5, 5.41) is 0. The zero-order chi connectivity index (χ0) is 18.5. The van der Waals surface area contributed by atoms with Crippen molar-refractivity contribution in [1.29, 1.82) is 0 Å². The fraction of sp³-hybridized carbons (Fsp3) is 0.0526. The Morgan fingerprint density at radius 1 is 0.731 bits per heavy atom. The summed E-state index contributed by atoms with van der Waals surface area (Å²) < 4.78 is 41.1. The minimum Gasteiger partial charge on any atom is -0.322 e. The zero-order valence-electron chi connectivity index (χ0n) is 13.2. The molecule has 0 atom stereocenters. The van der Waals surface area contributed by atoms with E-state index in [0.717, 1.165) is 17.0 Å². The van der Waals surface area contributed by atoms with Gasteiger partial charge in [-0.15, -0.1) is 0 Å². The number of hydrogen-bond donors (Lipinski definition) is 0. The van der Waals surface area contributed by atoms with Crippen molar-refractivity contribution in [2.75, 3.05) is 4.90 Å². The highest BCUT2D eigenvalue weighted by Crippen LogP contribution is 2.38. The van der Waals surface area contributed by atoms with E-state index in [1.165, 1.54) is 18.2 Å². The Hall–Kier alpha value is -3.35. The molecule has 0 N–H and O–H groups in total. The first kappa shape index (κ1) is 16.1. The molecular weight excluding hydrogens is 345 g/mol. The van der Waals surface area contributed by atoms with E-state index in [0.29, 0.717) is 5.69 Å². The van der Waals surface area contributed by atoms with Crippen LogP contribution in [0.15, 0.2) is 67.0 Å². The summed E-state index contributed by atoms with van der Waals surface area (Å²) in [5.74, 6) is -1.28. The van der Waals surface area contributed by atoms with E-state index in [2.05, 4.69) is 0 Å².